The topological polar surface area (TPSA) is 15.6 Å². The Morgan fingerprint density at radius 1 is 1.10 bits per heavy atom. The Bertz CT molecular complexity index is 466. The van der Waals surface area contributed by atoms with E-state index in [1.54, 1.807) is 0 Å². The predicted octanol–water partition coefficient (Wildman–Crippen LogP) is 4.00. The molecule has 2 heterocycles. The second-order valence-electron chi connectivity index (χ2n) is 6.98. The van der Waals surface area contributed by atoms with E-state index >= 15 is 0 Å². The molecule has 0 bridgehead atoms. The van der Waals surface area contributed by atoms with Gasteiger partial charge in [-0.25, -0.2) is 0 Å². The third-order valence-electron chi connectivity index (χ3n) is 5.30. The minimum absolute atomic E-state index is 0.485. The molecule has 2 aliphatic rings. The van der Waals surface area contributed by atoms with Crippen molar-refractivity contribution in [3.8, 4) is 0 Å². The molecule has 0 amide bonds. The maximum Gasteiger partial charge on any atom is 0.0686 e. The molecule has 2 fully saturated rings. The molecule has 1 aromatic rings. The fourth-order valence-electron chi connectivity index (χ4n) is 4.10. The minimum Gasteiger partial charge on any atom is -0.298 e. The van der Waals surface area contributed by atoms with E-state index in [4.69, 9.17) is 4.99 Å². The zero-order valence-corrected chi connectivity index (χ0v) is 13.4. The van der Waals surface area contributed by atoms with Crippen LogP contribution in [0.25, 0.3) is 0 Å². The predicted molar refractivity (Wildman–Crippen MR) is 90.0 cm³/mol. The molecule has 0 unspecified atom stereocenters. The highest BCUT2D eigenvalue weighted by Crippen LogP contribution is 2.35. The molecule has 1 aromatic carbocycles. The Hall–Kier alpha value is -1.15. The van der Waals surface area contributed by atoms with Gasteiger partial charge < -0.3 is 0 Å². The summed E-state index contributed by atoms with van der Waals surface area (Å²) in [5, 5.41) is 0. The Labute approximate surface area is 129 Å². The lowest BCUT2D eigenvalue weighted by molar-refractivity contribution is 0.0447. The van der Waals surface area contributed by atoms with Gasteiger partial charge in [0.1, 0.15) is 0 Å². The SMILES string of the molecule is CC(C)[C@H]1CCN2CCCC[C@H]2[C@H]1N=Cc1ccccc1. The lowest BCUT2D eigenvalue weighted by Gasteiger charge is -2.47. The lowest BCUT2D eigenvalue weighted by Crippen LogP contribution is -2.54. The zero-order valence-electron chi connectivity index (χ0n) is 13.4. The zero-order chi connectivity index (χ0) is 14.7. The van der Waals surface area contributed by atoms with Crippen molar-refractivity contribution in [1.29, 1.82) is 0 Å². The van der Waals surface area contributed by atoms with Crippen LogP contribution in [0.5, 0.6) is 0 Å². The van der Waals surface area contributed by atoms with Crippen molar-refractivity contribution >= 4 is 6.21 Å². The molecule has 114 valence electrons. The van der Waals surface area contributed by atoms with Gasteiger partial charge in [0.25, 0.3) is 0 Å². The minimum atomic E-state index is 0.485. The van der Waals surface area contributed by atoms with Gasteiger partial charge in [0, 0.05) is 12.3 Å². The monoisotopic (exact) mass is 284 g/mol. The summed E-state index contributed by atoms with van der Waals surface area (Å²) in [7, 11) is 0. The van der Waals surface area contributed by atoms with Gasteiger partial charge in [-0.1, -0.05) is 50.6 Å². The molecule has 3 atom stereocenters. The molecule has 0 radical (unpaired) electrons. The summed E-state index contributed by atoms with van der Waals surface area (Å²) in [6, 6.07) is 11.7. The third-order valence-corrected chi connectivity index (χ3v) is 5.30. The van der Waals surface area contributed by atoms with Crippen LogP contribution in [0.4, 0.5) is 0 Å². The Morgan fingerprint density at radius 3 is 2.67 bits per heavy atom. The summed E-state index contributed by atoms with van der Waals surface area (Å²) in [6.45, 7) is 7.31. The number of rotatable bonds is 3. The molecular weight excluding hydrogens is 256 g/mol. The van der Waals surface area contributed by atoms with Crippen LogP contribution in [0.2, 0.25) is 0 Å². The number of piperidine rings is 2. The summed E-state index contributed by atoms with van der Waals surface area (Å²) in [4.78, 5) is 7.78. The van der Waals surface area contributed by atoms with E-state index < -0.39 is 0 Å². The number of fused-ring (bicyclic) bond motifs is 1. The summed E-state index contributed by atoms with van der Waals surface area (Å²) in [5.74, 6) is 1.47. The molecule has 2 nitrogen and oxygen atoms in total. The van der Waals surface area contributed by atoms with Crippen LogP contribution >= 0.6 is 0 Å². The quantitative estimate of drug-likeness (QED) is 0.766. The summed E-state index contributed by atoms with van der Waals surface area (Å²) < 4.78 is 0. The van der Waals surface area contributed by atoms with E-state index in [9.17, 15) is 0 Å². The average Bonchev–Trinajstić information content (AvgIpc) is 2.53. The van der Waals surface area contributed by atoms with Gasteiger partial charge in [0.2, 0.25) is 0 Å². The smallest absolute Gasteiger partial charge is 0.0686 e. The Morgan fingerprint density at radius 2 is 1.90 bits per heavy atom. The molecule has 0 aromatic heterocycles. The van der Waals surface area contributed by atoms with E-state index in [0.29, 0.717) is 12.1 Å². The van der Waals surface area contributed by atoms with Gasteiger partial charge in [0.15, 0.2) is 0 Å². The van der Waals surface area contributed by atoms with E-state index in [0.717, 1.165) is 11.8 Å². The van der Waals surface area contributed by atoms with E-state index in [-0.39, 0.29) is 0 Å². The maximum atomic E-state index is 5.07. The Balaban J connectivity index is 1.80. The van der Waals surface area contributed by atoms with Crippen LogP contribution in [0, 0.1) is 11.8 Å². The van der Waals surface area contributed by atoms with Crippen molar-refractivity contribution in [2.45, 2.75) is 51.6 Å². The van der Waals surface area contributed by atoms with Gasteiger partial charge in [-0.3, -0.25) is 9.89 Å². The highest BCUT2D eigenvalue weighted by molar-refractivity contribution is 5.79. The van der Waals surface area contributed by atoms with Crippen molar-refractivity contribution in [1.82, 2.24) is 4.90 Å². The first-order valence-electron chi connectivity index (χ1n) is 8.58. The average molecular weight is 284 g/mol. The summed E-state index contributed by atoms with van der Waals surface area (Å²) in [6.07, 6.45) is 7.50. The first-order valence-corrected chi connectivity index (χ1v) is 8.58. The number of hydrogen-bond acceptors (Lipinski definition) is 2. The van der Waals surface area contributed by atoms with Crippen molar-refractivity contribution in [3.05, 3.63) is 35.9 Å². The molecule has 21 heavy (non-hydrogen) atoms. The summed E-state index contributed by atoms with van der Waals surface area (Å²) in [5.41, 5.74) is 1.23. The normalized spacial score (nSPS) is 30.7. The molecule has 0 spiro atoms. The molecule has 0 aliphatic carbocycles. The maximum absolute atomic E-state index is 5.07. The van der Waals surface area contributed by atoms with Crippen LogP contribution in [0.3, 0.4) is 0 Å². The van der Waals surface area contributed by atoms with Crippen LogP contribution in [0.1, 0.15) is 45.1 Å². The molecule has 0 N–H and O–H groups in total. The van der Waals surface area contributed by atoms with Crippen LogP contribution in [-0.4, -0.2) is 36.3 Å². The van der Waals surface area contributed by atoms with Crippen molar-refractivity contribution in [2.24, 2.45) is 16.8 Å². The van der Waals surface area contributed by atoms with Crippen molar-refractivity contribution in [3.63, 3.8) is 0 Å². The molecular formula is C19H28N2. The van der Waals surface area contributed by atoms with Crippen LogP contribution in [-0.2, 0) is 0 Å². The fourth-order valence-corrected chi connectivity index (χ4v) is 4.10. The van der Waals surface area contributed by atoms with Crippen LogP contribution < -0.4 is 0 Å². The third kappa shape index (κ3) is 3.37. The van der Waals surface area contributed by atoms with Gasteiger partial charge in [-0.15, -0.1) is 0 Å². The standard InChI is InChI=1S/C19H28N2/c1-15(2)17-11-13-21-12-7-6-10-18(21)19(17)20-14-16-8-4-3-5-9-16/h3-5,8-9,14-15,17-19H,6-7,10-13H2,1-2H3/t17-,18+,19+/m1/s1. The molecule has 0 saturated carbocycles. The van der Waals surface area contributed by atoms with Crippen LogP contribution in [0.15, 0.2) is 35.3 Å². The number of hydrogen-bond donors (Lipinski definition) is 0. The lowest BCUT2D eigenvalue weighted by atomic mass is 9.76. The van der Waals surface area contributed by atoms with Gasteiger partial charge >= 0.3 is 0 Å². The number of aliphatic imine (C=N–C) groups is 1. The van der Waals surface area contributed by atoms with Crippen molar-refractivity contribution < 1.29 is 0 Å². The molecule has 2 heteroatoms. The summed E-state index contributed by atoms with van der Waals surface area (Å²) >= 11 is 0. The fraction of sp³-hybridized carbons (Fsp3) is 0.632. The van der Waals surface area contributed by atoms with Gasteiger partial charge in [-0.2, -0.15) is 0 Å². The van der Waals surface area contributed by atoms with Gasteiger partial charge in [0.05, 0.1) is 6.04 Å². The Kier molecular flexibility index (Phi) is 4.74. The van der Waals surface area contributed by atoms with E-state index in [1.807, 2.05) is 0 Å². The number of nitrogens with zero attached hydrogens (tertiary/aromatic N) is 2. The highest BCUT2D eigenvalue weighted by atomic mass is 15.2. The highest BCUT2D eigenvalue weighted by Gasteiger charge is 2.39. The molecule has 2 aliphatic heterocycles. The van der Waals surface area contributed by atoms with E-state index in [2.05, 4.69) is 55.3 Å². The first kappa shape index (κ1) is 14.8. The van der Waals surface area contributed by atoms with Crippen molar-refractivity contribution in [2.75, 3.05) is 13.1 Å². The molecule has 3 rings (SSSR count). The molecule has 2 saturated heterocycles. The second-order valence-corrected chi connectivity index (χ2v) is 6.98. The second kappa shape index (κ2) is 6.74. The largest absolute Gasteiger partial charge is 0.298 e. The number of benzene rings is 1. The first-order chi connectivity index (χ1) is 10.3. The van der Waals surface area contributed by atoms with E-state index in [1.165, 1.54) is 44.3 Å². The van der Waals surface area contributed by atoms with Gasteiger partial charge in [-0.05, 0) is 49.8 Å².